The van der Waals surface area contributed by atoms with Crippen LogP contribution in [0.5, 0.6) is 5.75 Å². The van der Waals surface area contributed by atoms with Gasteiger partial charge in [0.15, 0.2) is 0 Å². The van der Waals surface area contributed by atoms with Crippen LogP contribution < -0.4 is 10.1 Å². The summed E-state index contributed by atoms with van der Waals surface area (Å²) in [6.45, 7) is 3.49. The van der Waals surface area contributed by atoms with Crippen molar-refractivity contribution in [3.8, 4) is 11.8 Å². The van der Waals surface area contributed by atoms with E-state index in [0.717, 1.165) is 17.9 Å². The summed E-state index contributed by atoms with van der Waals surface area (Å²) in [5, 5.41) is 12.4. The molecule has 0 bridgehead atoms. The van der Waals surface area contributed by atoms with Crippen LogP contribution in [0, 0.1) is 18.3 Å². The van der Waals surface area contributed by atoms with Crippen LogP contribution in [-0.2, 0) is 6.54 Å². The molecule has 2 aromatic carbocycles. The minimum Gasteiger partial charge on any atom is -0.491 e. The molecule has 2 aromatic rings. The summed E-state index contributed by atoms with van der Waals surface area (Å²) < 4.78 is 5.66. The monoisotopic (exact) mass is 264 g/mol. The number of rotatable bonds is 3. The van der Waals surface area contributed by atoms with Crippen LogP contribution in [0.1, 0.15) is 28.3 Å². The van der Waals surface area contributed by atoms with E-state index in [2.05, 4.69) is 17.5 Å². The van der Waals surface area contributed by atoms with Gasteiger partial charge in [-0.15, -0.1) is 0 Å². The number of ether oxygens (including phenoxy) is 1. The lowest BCUT2D eigenvalue weighted by molar-refractivity contribution is 0.310. The quantitative estimate of drug-likeness (QED) is 0.926. The number of aryl methyl sites for hydroxylation is 1. The molecule has 100 valence electrons. The van der Waals surface area contributed by atoms with Crippen LogP contribution >= 0.6 is 0 Å². The standard InChI is InChI=1S/C17H16N2O/c1-12-8-13(9-18)6-7-14(12)10-19-16-11-20-17-5-3-2-4-15(16)17/h2-8,16,19H,10-11H2,1H3. The molecule has 1 atom stereocenters. The Morgan fingerprint density at radius 1 is 1.30 bits per heavy atom. The Labute approximate surface area is 118 Å². The van der Waals surface area contributed by atoms with Gasteiger partial charge in [0.1, 0.15) is 12.4 Å². The van der Waals surface area contributed by atoms with Crippen molar-refractivity contribution in [3.63, 3.8) is 0 Å². The first-order valence-corrected chi connectivity index (χ1v) is 6.72. The molecule has 0 radical (unpaired) electrons. The average molecular weight is 264 g/mol. The van der Waals surface area contributed by atoms with E-state index in [1.807, 2.05) is 43.3 Å². The molecule has 0 saturated carbocycles. The number of nitrogens with zero attached hydrogens (tertiary/aromatic N) is 1. The molecule has 1 heterocycles. The van der Waals surface area contributed by atoms with Crippen molar-refractivity contribution in [3.05, 3.63) is 64.7 Å². The second kappa shape index (κ2) is 5.36. The number of nitrogens with one attached hydrogen (secondary N) is 1. The third-order valence-corrected chi connectivity index (χ3v) is 3.71. The van der Waals surface area contributed by atoms with Gasteiger partial charge in [-0.1, -0.05) is 24.3 Å². The van der Waals surface area contributed by atoms with Crippen molar-refractivity contribution in [2.24, 2.45) is 0 Å². The molecule has 3 heteroatoms. The summed E-state index contributed by atoms with van der Waals surface area (Å²) >= 11 is 0. The SMILES string of the molecule is Cc1cc(C#N)ccc1CNC1COc2ccccc21. The van der Waals surface area contributed by atoms with Crippen molar-refractivity contribution in [2.45, 2.75) is 19.5 Å². The first-order chi connectivity index (χ1) is 9.78. The van der Waals surface area contributed by atoms with E-state index in [-0.39, 0.29) is 6.04 Å². The van der Waals surface area contributed by atoms with Gasteiger partial charge in [0, 0.05) is 12.1 Å². The van der Waals surface area contributed by atoms with Gasteiger partial charge >= 0.3 is 0 Å². The number of para-hydroxylation sites is 1. The van der Waals surface area contributed by atoms with Gasteiger partial charge in [0.05, 0.1) is 17.7 Å². The molecule has 3 rings (SSSR count). The molecule has 1 aliphatic heterocycles. The summed E-state index contributed by atoms with van der Waals surface area (Å²) in [5.41, 5.74) is 4.29. The lowest BCUT2D eigenvalue weighted by Crippen LogP contribution is -2.22. The minimum atomic E-state index is 0.237. The largest absolute Gasteiger partial charge is 0.491 e. The van der Waals surface area contributed by atoms with E-state index in [4.69, 9.17) is 10.00 Å². The van der Waals surface area contributed by atoms with Crippen molar-refractivity contribution < 1.29 is 4.74 Å². The van der Waals surface area contributed by atoms with Crippen LogP contribution in [0.4, 0.5) is 0 Å². The first kappa shape index (κ1) is 12.7. The van der Waals surface area contributed by atoms with E-state index in [1.165, 1.54) is 11.1 Å². The second-order valence-corrected chi connectivity index (χ2v) is 5.04. The number of benzene rings is 2. The van der Waals surface area contributed by atoms with Gasteiger partial charge in [-0.25, -0.2) is 0 Å². The molecule has 20 heavy (non-hydrogen) atoms. The summed E-state index contributed by atoms with van der Waals surface area (Å²) in [7, 11) is 0. The van der Waals surface area contributed by atoms with Crippen LogP contribution in [0.3, 0.4) is 0 Å². The Kier molecular flexibility index (Phi) is 3.41. The highest BCUT2D eigenvalue weighted by Crippen LogP contribution is 2.31. The van der Waals surface area contributed by atoms with Crippen LogP contribution in [0.25, 0.3) is 0 Å². The molecular formula is C17H16N2O. The zero-order chi connectivity index (χ0) is 13.9. The van der Waals surface area contributed by atoms with Crippen molar-refractivity contribution in [1.29, 1.82) is 5.26 Å². The van der Waals surface area contributed by atoms with Gasteiger partial charge in [0.2, 0.25) is 0 Å². The number of hydrogen-bond donors (Lipinski definition) is 1. The maximum absolute atomic E-state index is 8.88. The van der Waals surface area contributed by atoms with Gasteiger partial charge in [-0.05, 0) is 36.2 Å². The van der Waals surface area contributed by atoms with Crippen LogP contribution in [0.2, 0.25) is 0 Å². The summed E-state index contributed by atoms with van der Waals surface area (Å²) in [6, 6.07) is 16.3. The van der Waals surface area contributed by atoms with E-state index >= 15 is 0 Å². The van der Waals surface area contributed by atoms with E-state index in [1.54, 1.807) is 0 Å². The topological polar surface area (TPSA) is 45.0 Å². The fourth-order valence-electron chi connectivity index (χ4n) is 2.53. The Morgan fingerprint density at radius 2 is 2.15 bits per heavy atom. The molecule has 0 saturated heterocycles. The molecule has 1 unspecified atom stereocenters. The van der Waals surface area contributed by atoms with Gasteiger partial charge < -0.3 is 10.1 Å². The molecule has 1 aliphatic rings. The molecular weight excluding hydrogens is 248 g/mol. The van der Waals surface area contributed by atoms with E-state index in [9.17, 15) is 0 Å². The predicted molar refractivity (Wildman–Crippen MR) is 77.4 cm³/mol. The molecule has 0 aromatic heterocycles. The molecule has 1 N–H and O–H groups in total. The maximum Gasteiger partial charge on any atom is 0.124 e. The highest BCUT2D eigenvalue weighted by molar-refractivity contribution is 5.40. The van der Waals surface area contributed by atoms with Crippen LogP contribution in [0.15, 0.2) is 42.5 Å². The summed E-state index contributed by atoms with van der Waals surface area (Å²) in [4.78, 5) is 0. The Hall–Kier alpha value is -2.31. The number of fused-ring (bicyclic) bond motifs is 1. The normalized spacial score (nSPS) is 16.3. The zero-order valence-corrected chi connectivity index (χ0v) is 11.4. The third kappa shape index (κ3) is 2.38. The Balaban J connectivity index is 1.71. The first-order valence-electron chi connectivity index (χ1n) is 6.72. The molecule has 3 nitrogen and oxygen atoms in total. The highest BCUT2D eigenvalue weighted by atomic mass is 16.5. The maximum atomic E-state index is 8.88. The molecule has 0 aliphatic carbocycles. The predicted octanol–water partition coefficient (Wildman–Crippen LogP) is 3.09. The zero-order valence-electron chi connectivity index (χ0n) is 11.4. The van der Waals surface area contributed by atoms with Gasteiger partial charge in [0.25, 0.3) is 0 Å². The number of hydrogen-bond acceptors (Lipinski definition) is 3. The number of nitriles is 1. The van der Waals surface area contributed by atoms with Gasteiger partial charge in [-0.2, -0.15) is 5.26 Å². The smallest absolute Gasteiger partial charge is 0.124 e. The lowest BCUT2D eigenvalue weighted by atomic mass is 10.0. The Bertz CT molecular complexity index is 673. The van der Waals surface area contributed by atoms with E-state index < -0.39 is 0 Å². The molecule has 0 amide bonds. The highest BCUT2D eigenvalue weighted by Gasteiger charge is 2.22. The average Bonchev–Trinajstić information content (AvgIpc) is 2.89. The Morgan fingerprint density at radius 3 is 2.95 bits per heavy atom. The van der Waals surface area contributed by atoms with Crippen molar-refractivity contribution >= 4 is 0 Å². The van der Waals surface area contributed by atoms with Crippen LogP contribution in [-0.4, -0.2) is 6.61 Å². The minimum absolute atomic E-state index is 0.237. The van der Waals surface area contributed by atoms with Gasteiger partial charge in [-0.3, -0.25) is 0 Å². The third-order valence-electron chi connectivity index (χ3n) is 3.71. The fraction of sp³-hybridized carbons (Fsp3) is 0.235. The van der Waals surface area contributed by atoms with Crippen molar-refractivity contribution in [2.75, 3.05) is 6.61 Å². The van der Waals surface area contributed by atoms with Crippen molar-refractivity contribution in [1.82, 2.24) is 5.32 Å². The van der Waals surface area contributed by atoms with E-state index in [0.29, 0.717) is 12.2 Å². The lowest BCUT2D eigenvalue weighted by Gasteiger charge is -2.13. The fourth-order valence-corrected chi connectivity index (χ4v) is 2.53. The second-order valence-electron chi connectivity index (χ2n) is 5.04. The summed E-state index contributed by atoms with van der Waals surface area (Å²) in [6.07, 6.45) is 0. The summed E-state index contributed by atoms with van der Waals surface area (Å²) in [5.74, 6) is 0.974. The molecule has 0 fully saturated rings. The molecule has 0 spiro atoms.